The SMILES string of the molecule is CCn1nc(Cl)c2cnc(Nc3cnn(C4CCN([S+](C)[O-])CC4)c3Cl)nc21. The molecule has 0 saturated carbocycles. The van der Waals surface area contributed by atoms with Crippen LogP contribution in [0.2, 0.25) is 10.3 Å². The van der Waals surface area contributed by atoms with Crippen LogP contribution < -0.4 is 5.32 Å². The van der Waals surface area contributed by atoms with Crippen LogP contribution >= 0.6 is 23.2 Å². The van der Waals surface area contributed by atoms with Crippen molar-refractivity contribution in [2.45, 2.75) is 32.4 Å². The molecular formula is C16H20Cl2N8OS. The van der Waals surface area contributed by atoms with Gasteiger partial charge in [0, 0.05) is 37.2 Å². The van der Waals surface area contributed by atoms with E-state index in [4.69, 9.17) is 23.2 Å². The molecule has 0 aliphatic carbocycles. The lowest BCUT2D eigenvalue weighted by Crippen LogP contribution is -2.38. The van der Waals surface area contributed by atoms with Crippen LogP contribution in [0.1, 0.15) is 25.8 Å². The number of hydrogen-bond donors (Lipinski definition) is 1. The number of anilines is 2. The predicted molar refractivity (Wildman–Crippen MR) is 110 cm³/mol. The molecule has 1 unspecified atom stereocenters. The van der Waals surface area contributed by atoms with Crippen molar-refractivity contribution in [3.8, 4) is 0 Å². The fraction of sp³-hybridized carbons (Fsp3) is 0.500. The Hall–Kier alpha value is -1.59. The zero-order chi connectivity index (χ0) is 19.8. The molecule has 3 aromatic heterocycles. The first-order chi connectivity index (χ1) is 13.5. The highest BCUT2D eigenvalue weighted by atomic mass is 35.5. The molecule has 1 atom stereocenters. The van der Waals surface area contributed by atoms with E-state index in [0.29, 0.717) is 39.5 Å². The molecule has 9 nitrogen and oxygen atoms in total. The standard InChI is InChI=1S/C16H20Cl2N8OS/c1-3-25-15-11(13(17)23-25)8-19-16(22-15)21-12-9-20-26(14(12)18)10-4-6-24(7-5-10)28(2)27/h8-10H,3-7H2,1-2H3,(H,19,21,22). The van der Waals surface area contributed by atoms with Gasteiger partial charge in [-0.3, -0.25) is 0 Å². The van der Waals surface area contributed by atoms with Gasteiger partial charge in [0.25, 0.3) is 0 Å². The molecule has 4 rings (SSSR count). The number of halogens is 2. The summed E-state index contributed by atoms with van der Waals surface area (Å²) in [6, 6.07) is 0.173. The minimum absolute atomic E-state index is 0.173. The Labute approximate surface area is 175 Å². The van der Waals surface area contributed by atoms with E-state index in [-0.39, 0.29) is 6.04 Å². The summed E-state index contributed by atoms with van der Waals surface area (Å²) >= 11 is 11.7. The summed E-state index contributed by atoms with van der Waals surface area (Å²) in [5, 5.41) is 13.4. The van der Waals surface area contributed by atoms with Gasteiger partial charge in [0.2, 0.25) is 5.95 Å². The largest absolute Gasteiger partial charge is 0.598 e. The molecular weight excluding hydrogens is 423 g/mol. The molecule has 0 radical (unpaired) electrons. The lowest BCUT2D eigenvalue weighted by atomic mass is 10.1. The molecule has 28 heavy (non-hydrogen) atoms. The number of fused-ring (bicyclic) bond motifs is 1. The number of aromatic nitrogens is 6. The third-order valence-corrected chi connectivity index (χ3v) is 6.61. The van der Waals surface area contributed by atoms with Gasteiger partial charge in [0.05, 0.1) is 23.3 Å². The maximum absolute atomic E-state index is 11.6. The Morgan fingerprint density at radius 3 is 2.71 bits per heavy atom. The highest BCUT2D eigenvalue weighted by molar-refractivity contribution is 7.88. The van der Waals surface area contributed by atoms with Crippen LogP contribution in [0.25, 0.3) is 11.0 Å². The summed E-state index contributed by atoms with van der Waals surface area (Å²) in [5.41, 5.74) is 1.30. The van der Waals surface area contributed by atoms with Gasteiger partial charge in [-0.1, -0.05) is 23.2 Å². The fourth-order valence-corrected chi connectivity index (χ4v) is 4.58. The van der Waals surface area contributed by atoms with Crippen LogP contribution in [0, 0.1) is 0 Å². The van der Waals surface area contributed by atoms with E-state index in [1.165, 1.54) is 0 Å². The Morgan fingerprint density at radius 1 is 1.29 bits per heavy atom. The van der Waals surface area contributed by atoms with Crippen molar-refractivity contribution >= 4 is 57.2 Å². The first-order valence-electron chi connectivity index (χ1n) is 8.95. The molecule has 1 fully saturated rings. The van der Waals surface area contributed by atoms with Crippen LogP contribution in [0.15, 0.2) is 12.4 Å². The van der Waals surface area contributed by atoms with Crippen LogP contribution in [-0.2, 0) is 17.9 Å². The molecule has 0 amide bonds. The first kappa shape index (κ1) is 19.7. The van der Waals surface area contributed by atoms with Crippen molar-refractivity contribution in [1.82, 2.24) is 33.8 Å². The fourth-order valence-electron chi connectivity index (χ4n) is 3.35. The molecule has 12 heteroatoms. The Kier molecular flexibility index (Phi) is 5.66. The summed E-state index contributed by atoms with van der Waals surface area (Å²) in [7, 11) is 0. The third-order valence-electron chi connectivity index (χ3n) is 4.86. The van der Waals surface area contributed by atoms with Gasteiger partial charge in [-0.15, -0.1) is 4.31 Å². The van der Waals surface area contributed by atoms with Crippen molar-refractivity contribution in [2.75, 3.05) is 24.7 Å². The van der Waals surface area contributed by atoms with E-state index in [1.54, 1.807) is 23.3 Å². The minimum atomic E-state index is -0.938. The summed E-state index contributed by atoms with van der Waals surface area (Å²) in [6.45, 7) is 4.14. The maximum Gasteiger partial charge on any atom is 0.229 e. The van der Waals surface area contributed by atoms with Gasteiger partial charge in [-0.25, -0.2) is 14.3 Å². The van der Waals surface area contributed by atoms with Gasteiger partial charge in [-0.2, -0.15) is 15.2 Å². The number of rotatable bonds is 5. The quantitative estimate of drug-likeness (QED) is 0.605. The van der Waals surface area contributed by atoms with Crippen LogP contribution in [0.3, 0.4) is 0 Å². The van der Waals surface area contributed by atoms with Gasteiger partial charge in [0.1, 0.15) is 6.26 Å². The molecule has 0 spiro atoms. The Morgan fingerprint density at radius 2 is 2.04 bits per heavy atom. The van der Waals surface area contributed by atoms with Gasteiger partial charge in [-0.05, 0) is 19.8 Å². The molecule has 1 N–H and O–H groups in total. The van der Waals surface area contributed by atoms with Gasteiger partial charge in [0.15, 0.2) is 16.0 Å². The summed E-state index contributed by atoms with van der Waals surface area (Å²) in [6.07, 6.45) is 6.71. The lowest BCUT2D eigenvalue weighted by Gasteiger charge is -2.30. The number of nitrogens with one attached hydrogen (secondary N) is 1. The molecule has 3 aromatic rings. The zero-order valence-corrected chi connectivity index (χ0v) is 17.8. The zero-order valence-electron chi connectivity index (χ0n) is 15.5. The summed E-state index contributed by atoms with van der Waals surface area (Å²) in [4.78, 5) is 8.82. The monoisotopic (exact) mass is 442 g/mol. The van der Waals surface area contributed by atoms with E-state index in [0.717, 1.165) is 25.9 Å². The minimum Gasteiger partial charge on any atom is -0.598 e. The number of nitrogens with zero attached hydrogens (tertiary/aromatic N) is 7. The topological polar surface area (TPSA) is 99.8 Å². The Balaban J connectivity index is 1.53. The normalized spacial score (nSPS) is 17.3. The Bertz CT molecular complexity index is 983. The predicted octanol–water partition coefficient (Wildman–Crippen LogP) is 3.02. The van der Waals surface area contributed by atoms with E-state index in [9.17, 15) is 4.55 Å². The van der Waals surface area contributed by atoms with Crippen molar-refractivity contribution in [3.05, 3.63) is 22.7 Å². The summed E-state index contributed by atoms with van der Waals surface area (Å²) in [5.74, 6) is 0.399. The molecule has 0 bridgehead atoms. The second-order valence-electron chi connectivity index (χ2n) is 6.54. The van der Waals surface area contributed by atoms with E-state index >= 15 is 0 Å². The highest BCUT2D eigenvalue weighted by Crippen LogP contribution is 2.32. The second kappa shape index (κ2) is 8.03. The average Bonchev–Trinajstić information content (AvgIpc) is 3.21. The van der Waals surface area contributed by atoms with E-state index in [2.05, 4.69) is 25.5 Å². The van der Waals surface area contributed by atoms with E-state index < -0.39 is 11.4 Å². The van der Waals surface area contributed by atoms with Crippen molar-refractivity contribution in [2.24, 2.45) is 0 Å². The first-order valence-corrected chi connectivity index (χ1v) is 11.2. The molecule has 150 valence electrons. The van der Waals surface area contributed by atoms with E-state index in [1.807, 2.05) is 15.9 Å². The third kappa shape index (κ3) is 3.67. The van der Waals surface area contributed by atoms with Crippen molar-refractivity contribution in [3.63, 3.8) is 0 Å². The van der Waals surface area contributed by atoms with Crippen LogP contribution in [0.4, 0.5) is 11.6 Å². The highest BCUT2D eigenvalue weighted by Gasteiger charge is 2.27. The average molecular weight is 443 g/mol. The number of hydrogen-bond acceptors (Lipinski definition) is 7. The lowest BCUT2D eigenvalue weighted by molar-refractivity contribution is 0.262. The molecule has 4 heterocycles. The smallest absolute Gasteiger partial charge is 0.229 e. The summed E-state index contributed by atoms with van der Waals surface area (Å²) < 4.78 is 17.1. The van der Waals surface area contributed by atoms with Gasteiger partial charge >= 0.3 is 0 Å². The molecule has 1 aliphatic heterocycles. The van der Waals surface area contributed by atoms with Crippen LogP contribution in [0.5, 0.6) is 0 Å². The number of piperidine rings is 1. The maximum atomic E-state index is 11.6. The number of aryl methyl sites for hydroxylation is 1. The molecule has 1 saturated heterocycles. The molecule has 1 aliphatic rings. The van der Waals surface area contributed by atoms with Crippen molar-refractivity contribution < 1.29 is 4.55 Å². The second-order valence-corrected chi connectivity index (χ2v) is 8.62. The molecule has 0 aromatic carbocycles. The van der Waals surface area contributed by atoms with Gasteiger partial charge < -0.3 is 9.87 Å². The van der Waals surface area contributed by atoms with Crippen LogP contribution in [-0.4, -0.2) is 57.7 Å². The van der Waals surface area contributed by atoms with Crippen molar-refractivity contribution in [1.29, 1.82) is 0 Å².